The van der Waals surface area contributed by atoms with Gasteiger partial charge in [-0.15, -0.1) is 0 Å². The Morgan fingerprint density at radius 1 is 0.875 bits per heavy atom. The van der Waals surface area contributed by atoms with E-state index in [0.717, 1.165) is 0 Å². The number of hydrogen-bond donors (Lipinski definition) is 0. The van der Waals surface area contributed by atoms with Crippen LogP contribution in [0.2, 0.25) is 13.1 Å². The van der Waals surface area contributed by atoms with E-state index >= 15 is 0 Å². The number of pyridine rings is 1. The van der Waals surface area contributed by atoms with E-state index < -0.39 is 8.07 Å². The summed E-state index contributed by atoms with van der Waals surface area (Å²) in [6.45, 7) is 7.24. The number of rotatable bonds is 1. The van der Waals surface area contributed by atoms with E-state index in [0.29, 0.717) is 0 Å². The monoisotopic (exact) mass is 348 g/mol. The van der Waals surface area contributed by atoms with Crippen LogP contribution >= 0.6 is 11.8 Å². The summed E-state index contributed by atoms with van der Waals surface area (Å²) in [4.78, 5) is 2.88. The highest BCUT2D eigenvalue weighted by Gasteiger charge is 2.38. The van der Waals surface area contributed by atoms with E-state index in [2.05, 4.69) is 92.4 Å². The zero-order chi connectivity index (χ0) is 16.9. The molecule has 3 aromatic rings. The average molecular weight is 349 g/mol. The fourth-order valence-corrected chi connectivity index (χ4v) is 9.70. The Kier molecular flexibility index (Phi) is 3.66. The summed E-state index contributed by atoms with van der Waals surface area (Å²) in [5.41, 5.74) is 4.12. The number of nitrogens with zero attached hydrogens (tertiary/aromatic N) is 1. The van der Waals surface area contributed by atoms with Crippen molar-refractivity contribution in [3.63, 3.8) is 0 Å². The molecule has 0 radical (unpaired) electrons. The molecule has 0 amide bonds. The number of benzene rings is 2. The molecular weight excluding hydrogens is 326 g/mol. The number of fused-ring (bicyclic) bond motifs is 2. The first-order chi connectivity index (χ1) is 11.5. The predicted molar refractivity (Wildman–Crippen MR) is 105 cm³/mol. The highest BCUT2D eigenvalue weighted by atomic mass is 32.2. The molecule has 2 heterocycles. The largest absolute Gasteiger partial charge is 0.212 e. The molecule has 0 N–H and O–H groups in total. The highest BCUT2D eigenvalue weighted by molar-refractivity contribution is 8.00. The molecule has 1 aliphatic heterocycles. The molecule has 24 heavy (non-hydrogen) atoms. The number of aromatic nitrogens is 1. The Morgan fingerprint density at radius 3 is 2.42 bits per heavy atom. The van der Waals surface area contributed by atoms with Gasteiger partial charge in [-0.2, -0.15) is 0 Å². The summed E-state index contributed by atoms with van der Waals surface area (Å²) in [6.07, 6.45) is 2.15. The SMILES string of the molecule is Cc1ccc2c(c1-c1cccc[n+]1C)[Si](C)(C)c1ccccc1S2. The van der Waals surface area contributed by atoms with Gasteiger partial charge in [-0.3, -0.25) is 0 Å². The van der Waals surface area contributed by atoms with Gasteiger partial charge in [0.2, 0.25) is 5.69 Å². The zero-order valence-corrected chi connectivity index (χ0v) is 16.4. The summed E-state index contributed by atoms with van der Waals surface area (Å²) in [5.74, 6) is 0. The molecule has 0 spiro atoms. The first-order valence-corrected chi connectivity index (χ1v) is 12.2. The van der Waals surface area contributed by atoms with Gasteiger partial charge in [0.1, 0.15) is 15.1 Å². The van der Waals surface area contributed by atoms with Gasteiger partial charge < -0.3 is 0 Å². The highest BCUT2D eigenvalue weighted by Crippen LogP contribution is 2.36. The predicted octanol–water partition coefficient (Wildman–Crippen LogP) is 3.77. The van der Waals surface area contributed by atoms with Crippen molar-refractivity contribution in [1.82, 2.24) is 0 Å². The van der Waals surface area contributed by atoms with Crippen LogP contribution in [-0.4, -0.2) is 8.07 Å². The Bertz CT molecular complexity index is 946. The fraction of sp³-hybridized carbons (Fsp3) is 0.190. The van der Waals surface area contributed by atoms with Gasteiger partial charge in [0.05, 0.1) is 0 Å². The lowest BCUT2D eigenvalue weighted by Crippen LogP contribution is -2.57. The van der Waals surface area contributed by atoms with Crippen molar-refractivity contribution in [3.8, 4) is 11.3 Å². The van der Waals surface area contributed by atoms with Gasteiger partial charge in [0.15, 0.2) is 6.20 Å². The Hall–Kier alpha value is -1.84. The topological polar surface area (TPSA) is 3.88 Å². The van der Waals surface area contributed by atoms with E-state index in [1.807, 2.05) is 11.8 Å². The smallest absolute Gasteiger partial charge is 0.201 e. The summed E-state index contributed by atoms with van der Waals surface area (Å²) < 4.78 is 2.25. The van der Waals surface area contributed by atoms with Gasteiger partial charge in [-0.25, -0.2) is 4.57 Å². The van der Waals surface area contributed by atoms with Crippen molar-refractivity contribution in [2.45, 2.75) is 29.8 Å². The van der Waals surface area contributed by atoms with Crippen LogP contribution in [0.4, 0.5) is 0 Å². The molecule has 1 aliphatic rings. The maximum absolute atomic E-state index is 2.50. The lowest BCUT2D eigenvalue weighted by Gasteiger charge is -2.34. The van der Waals surface area contributed by atoms with Gasteiger partial charge in [0.25, 0.3) is 0 Å². The molecule has 0 bridgehead atoms. The lowest BCUT2D eigenvalue weighted by atomic mass is 10.0. The Labute approximate surface area is 149 Å². The van der Waals surface area contributed by atoms with E-state index in [1.54, 1.807) is 10.4 Å². The van der Waals surface area contributed by atoms with Gasteiger partial charge in [0, 0.05) is 27.5 Å². The zero-order valence-electron chi connectivity index (χ0n) is 14.6. The molecular formula is C21H22NSSi+. The lowest BCUT2D eigenvalue weighted by molar-refractivity contribution is -0.660. The molecule has 0 aliphatic carbocycles. The summed E-state index contributed by atoms with van der Waals surface area (Å²) in [6, 6.07) is 20.1. The third-order valence-corrected chi connectivity index (χ3v) is 10.1. The van der Waals surface area contributed by atoms with Crippen LogP contribution in [0.3, 0.4) is 0 Å². The standard InChI is InChI=1S/C21H22NSSi/c1-15-12-13-18-21(20(15)16-9-7-8-14-22(16)2)24(3,4)19-11-6-5-10-17(19)23-18/h5-14H,1-4H3/q+1. The minimum atomic E-state index is -1.75. The van der Waals surface area contributed by atoms with Crippen LogP contribution in [-0.2, 0) is 7.05 Å². The second-order valence-electron chi connectivity index (χ2n) is 7.05. The number of aryl methyl sites for hydroxylation is 2. The summed E-state index contributed by atoms with van der Waals surface area (Å²) in [5, 5.41) is 3.15. The maximum atomic E-state index is 2.50. The molecule has 120 valence electrons. The van der Waals surface area contributed by atoms with Crippen molar-refractivity contribution < 1.29 is 4.57 Å². The third kappa shape index (κ3) is 2.26. The third-order valence-electron chi connectivity index (χ3n) is 5.09. The first kappa shape index (κ1) is 15.7. The van der Waals surface area contributed by atoms with E-state index in [9.17, 15) is 0 Å². The molecule has 0 fully saturated rings. The van der Waals surface area contributed by atoms with Crippen molar-refractivity contribution in [1.29, 1.82) is 0 Å². The quantitative estimate of drug-likeness (QED) is 0.478. The van der Waals surface area contributed by atoms with Crippen LogP contribution in [0, 0.1) is 6.92 Å². The van der Waals surface area contributed by atoms with E-state index in [4.69, 9.17) is 0 Å². The molecule has 3 heteroatoms. The molecule has 1 aromatic heterocycles. The van der Waals surface area contributed by atoms with Crippen LogP contribution in [0.25, 0.3) is 11.3 Å². The maximum Gasteiger partial charge on any atom is 0.212 e. The van der Waals surface area contributed by atoms with Crippen LogP contribution in [0.5, 0.6) is 0 Å². The van der Waals surface area contributed by atoms with Gasteiger partial charge in [-0.1, -0.05) is 49.1 Å². The second-order valence-corrected chi connectivity index (χ2v) is 12.4. The molecule has 2 aromatic carbocycles. The van der Waals surface area contributed by atoms with Crippen LogP contribution in [0.1, 0.15) is 5.56 Å². The van der Waals surface area contributed by atoms with Crippen molar-refractivity contribution >= 4 is 30.2 Å². The minimum Gasteiger partial charge on any atom is -0.201 e. The van der Waals surface area contributed by atoms with Crippen molar-refractivity contribution in [2.75, 3.05) is 0 Å². The summed E-state index contributed by atoms with van der Waals surface area (Å²) >= 11 is 1.93. The molecule has 0 saturated heterocycles. The Morgan fingerprint density at radius 2 is 1.62 bits per heavy atom. The Balaban J connectivity index is 2.06. The number of hydrogen-bond acceptors (Lipinski definition) is 1. The van der Waals surface area contributed by atoms with Gasteiger partial charge >= 0.3 is 0 Å². The minimum absolute atomic E-state index is 1.31. The van der Waals surface area contributed by atoms with E-state index in [1.165, 1.54) is 26.6 Å². The van der Waals surface area contributed by atoms with Crippen LogP contribution in [0.15, 0.2) is 70.6 Å². The van der Waals surface area contributed by atoms with Crippen molar-refractivity contribution in [3.05, 3.63) is 66.4 Å². The fourth-order valence-electron chi connectivity index (χ4n) is 3.83. The average Bonchev–Trinajstić information content (AvgIpc) is 2.56. The van der Waals surface area contributed by atoms with Crippen molar-refractivity contribution in [2.24, 2.45) is 7.05 Å². The molecule has 0 atom stereocenters. The molecule has 0 saturated carbocycles. The van der Waals surface area contributed by atoms with E-state index in [-0.39, 0.29) is 0 Å². The molecule has 0 unspecified atom stereocenters. The molecule has 4 rings (SSSR count). The van der Waals surface area contributed by atoms with Crippen LogP contribution < -0.4 is 14.9 Å². The molecule has 1 nitrogen and oxygen atoms in total. The van der Waals surface area contributed by atoms with Gasteiger partial charge in [-0.05, 0) is 41.1 Å². The first-order valence-electron chi connectivity index (χ1n) is 8.36. The normalized spacial score (nSPS) is 14.8. The second kappa shape index (κ2) is 5.61. The summed E-state index contributed by atoms with van der Waals surface area (Å²) in [7, 11) is 0.398.